The van der Waals surface area contributed by atoms with Crippen LogP contribution in [0, 0.1) is 0 Å². The van der Waals surface area contributed by atoms with Crippen molar-refractivity contribution in [2.45, 2.75) is 89.6 Å². The molecule has 1 aliphatic heterocycles. The number of hydrogen-bond donors (Lipinski definition) is 2. The van der Waals surface area contributed by atoms with Gasteiger partial charge in [0.25, 0.3) is 5.91 Å². The average Bonchev–Trinajstić information content (AvgIpc) is 2.72. The van der Waals surface area contributed by atoms with E-state index in [1.165, 1.54) is 0 Å². The van der Waals surface area contributed by atoms with Crippen LogP contribution < -0.4 is 10.6 Å². The molecule has 1 aliphatic carbocycles. The van der Waals surface area contributed by atoms with E-state index in [9.17, 15) is 14.4 Å². The van der Waals surface area contributed by atoms with Gasteiger partial charge in [-0.1, -0.05) is 51.9 Å². The van der Waals surface area contributed by atoms with E-state index in [2.05, 4.69) is 17.6 Å². The topological polar surface area (TPSA) is 78.5 Å². The average molecular weight is 337 g/mol. The van der Waals surface area contributed by atoms with E-state index in [0.29, 0.717) is 12.8 Å². The van der Waals surface area contributed by atoms with Crippen LogP contribution in [0.3, 0.4) is 0 Å². The summed E-state index contributed by atoms with van der Waals surface area (Å²) in [5.74, 6) is -0.476. The number of carbonyl (C=O) groups excluding carboxylic acids is 3. The summed E-state index contributed by atoms with van der Waals surface area (Å²) in [5.41, 5.74) is -0.763. The van der Waals surface area contributed by atoms with Crippen molar-refractivity contribution in [3.63, 3.8) is 0 Å². The van der Waals surface area contributed by atoms with Crippen LogP contribution in [-0.2, 0) is 9.59 Å². The fraction of sp³-hybridized carbons (Fsp3) is 0.833. The second-order valence-corrected chi connectivity index (χ2v) is 7.28. The number of urea groups is 1. The molecular formula is C18H31N3O3. The van der Waals surface area contributed by atoms with E-state index in [0.717, 1.165) is 56.3 Å². The maximum Gasteiger partial charge on any atom is 0.325 e. The first-order chi connectivity index (χ1) is 11.5. The van der Waals surface area contributed by atoms with E-state index >= 15 is 0 Å². The van der Waals surface area contributed by atoms with Gasteiger partial charge in [-0.2, -0.15) is 0 Å². The SMILES string of the molecule is CCCCCC(C)NC(=O)CN1C(=O)NC2(CCCCCC2)C1=O. The lowest BCUT2D eigenvalue weighted by atomic mass is 9.90. The molecule has 2 fully saturated rings. The Hall–Kier alpha value is -1.59. The number of hydrogen-bond acceptors (Lipinski definition) is 3. The lowest BCUT2D eigenvalue weighted by molar-refractivity contribution is -0.135. The maximum atomic E-state index is 12.7. The summed E-state index contributed by atoms with van der Waals surface area (Å²) in [7, 11) is 0. The zero-order valence-corrected chi connectivity index (χ0v) is 15.0. The number of rotatable bonds is 7. The summed E-state index contributed by atoms with van der Waals surface area (Å²) in [6, 6.07) is -0.354. The minimum Gasteiger partial charge on any atom is -0.352 e. The number of unbranched alkanes of at least 4 members (excludes halogenated alkanes) is 2. The highest BCUT2D eigenvalue weighted by Gasteiger charge is 2.51. The smallest absolute Gasteiger partial charge is 0.325 e. The number of imide groups is 1. The normalized spacial score (nSPS) is 21.5. The molecule has 136 valence electrons. The van der Waals surface area contributed by atoms with Gasteiger partial charge in [-0.25, -0.2) is 4.79 Å². The van der Waals surface area contributed by atoms with Crippen molar-refractivity contribution >= 4 is 17.8 Å². The van der Waals surface area contributed by atoms with Crippen molar-refractivity contribution in [1.82, 2.24) is 15.5 Å². The summed E-state index contributed by atoms with van der Waals surface area (Å²) < 4.78 is 0. The quantitative estimate of drug-likeness (QED) is 0.554. The highest BCUT2D eigenvalue weighted by molar-refractivity contribution is 6.09. The number of amides is 4. The molecule has 0 aromatic carbocycles. The molecule has 1 saturated carbocycles. The highest BCUT2D eigenvalue weighted by atomic mass is 16.2. The van der Waals surface area contributed by atoms with Crippen LogP contribution in [0.25, 0.3) is 0 Å². The molecule has 1 heterocycles. The van der Waals surface area contributed by atoms with Crippen LogP contribution in [-0.4, -0.2) is 40.9 Å². The standard InChI is InChI=1S/C18H31N3O3/c1-3-4-7-10-14(2)19-15(22)13-21-16(23)18(20-17(21)24)11-8-5-6-9-12-18/h14H,3-13H2,1-2H3,(H,19,22)(H,20,24). The molecule has 1 spiro atoms. The molecule has 0 aromatic rings. The van der Waals surface area contributed by atoms with Gasteiger partial charge in [-0.05, 0) is 26.2 Å². The van der Waals surface area contributed by atoms with Gasteiger partial charge in [0.05, 0.1) is 0 Å². The first kappa shape index (κ1) is 18.7. The number of carbonyl (C=O) groups is 3. The fourth-order valence-electron chi connectivity index (χ4n) is 3.73. The molecule has 2 N–H and O–H groups in total. The van der Waals surface area contributed by atoms with E-state index < -0.39 is 11.6 Å². The summed E-state index contributed by atoms with van der Waals surface area (Å²) in [4.78, 5) is 38.2. The number of nitrogens with zero attached hydrogens (tertiary/aromatic N) is 1. The summed E-state index contributed by atoms with van der Waals surface area (Å²) >= 11 is 0. The van der Waals surface area contributed by atoms with Gasteiger partial charge in [-0.3, -0.25) is 14.5 Å². The lowest BCUT2D eigenvalue weighted by Gasteiger charge is -2.24. The van der Waals surface area contributed by atoms with Crippen molar-refractivity contribution in [3.05, 3.63) is 0 Å². The molecule has 6 heteroatoms. The van der Waals surface area contributed by atoms with Crippen LogP contribution in [0.2, 0.25) is 0 Å². The van der Waals surface area contributed by atoms with Crippen molar-refractivity contribution in [1.29, 1.82) is 0 Å². The molecule has 0 bridgehead atoms. The van der Waals surface area contributed by atoms with E-state index in [4.69, 9.17) is 0 Å². The van der Waals surface area contributed by atoms with E-state index in [1.54, 1.807) is 0 Å². The third-order valence-corrected chi connectivity index (χ3v) is 5.15. The molecule has 1 atom stereocenters. The first-order valence-corrected chi connectivity index (χ1v) is 9.42. The molecule has 0 radical (unpaired) electrons. The third-order valence-electron chi connectivity index (χ3n) is 5.15. The minimum atomic E-state index is -0.763. The molecule has 2 aliphatic rings. The molecular weight excluding hydrogens is 306 g/mol. The van der Waals surface area contributed by atoms with Gasteiger partial charge in [0, 0.05) is 6.04 Å². The van der Waals surface area contributed by atoms with Gasteiger partial charge in [-0.15, -0.1) is 0 Å². The maximum absolute atomic E-state index is 12.7. The Morgan fingerprint density at radius 3 is 2.50 bits per heavy atom. The second kappa shape index (κ2) is 8.49. The van der Waals surface area contributed by atoms with Gasteiger partial charge in [0.2, 0.25) is 5.91 Å². The Morgan fingerprint density at radius 1 is 1.21 bits per heavy atom. The molecule has 6 nitrogen and oxygen atoms in total. The summed E-state index contributed by atoms with van der Waals surface area (Å²) in [6.45, 7) is 3.93. The van der Waals surface area contributed by atoms with Crippen molar-refractivity contribution < 1.29 is 14.4 Å². The predicted molar refractivity (Wildman–Crippen MR) is 92.4 cm³/mol. The van der Waals surface area contributed by atoms with E-state index in [1.807, 2.05) is 6.92 Å². The van der Waals surface area contributed by atoms with E-state index in [-0.39, 0.29) is 24.4 Å². The lowest BCUT2D eigenvalue weighted by Crippen LogP contribution is -2.47. The van der Waals surface area contributed by atoms with Crippen molar-refractivity contribution in [2.24, 2.45) is 0 Å². The largest absolute Gasteiger partial charge is 0.352 e. The molecule has 1 unspecified atom stereocenters. The van der Waals surface area contributed by atoms with Crippen LogP contribution in [0.15, 0.2) is 0 Å². The predicted octanol–water partition coefficient (Wildman–Crippen LogP) is 2.72. The van der Waals surface area contributed by atoms with Gasteiger partial charge in [0.1, 0.15) is 12.1 Å². The van der Waals surface area contributed by atoms with Gasteiger partial charge >= 0.3 is 6.03 Å². The Bertz CT molecular complexity index is 470. The Labute approximate surface area is 144 Å². The molecule has 0 aromatic heterocycles. The van der Waals surface area contributed by atoms with Gasteiger partial charge in [0.15, 0.2) is 0 Å². The Balaban J connectivity index is 1.88. The molecule has 2 rings (SSSR count). The molecule has 1 saturated heterocycles. The first-order valence-electron chi connectivity index (χ1n) is 9.42. The van der Waals surface area contributed by atoms with Crippen molar-refractivity contribution in [3.8, 4) is 0 Å². The number of nitrogens with one attached hydrogen (secondary N) is 2. The zero-order valence-electron chi connectivity index (χ0n) is 15.0. The Kier molecular flexibility index (Phi) is 6.63. The summed E-state index contributed by atoms with van der Waals surface area (Å²) in [5, 5.41) is 5.76. The van der Waals surface area contributed by atoms with Crippen LogP contribution in [0.1, 0.15) is 78.1 Å². The highest BCUT2D eigenvalue weighted by Crippen LogP contribution is 2.32. The third kappa shape index (κ3) is 4.48. The van der Waals surface area contributed by atoms with Crippen LogP contribution >= 0.6 is 0 Å². The second-order valence-electron chi connectivity index (χ2n) is 7.28. The minimum absolute atomic E-state index is 0.0663. The summed E-state index contributed by atoms with van der Waals surface area (Å²) in [6.07, 6.45) is 9.74. The molecule has 24 heavy (non-hydrogen) atoms. The fourth-order valence-corrected chi connectivity index (χ4v) is 3.73. The monoisotopic (exact) mass is 337 g/mol. The Morgan fingerprint density at radius 2 is 1.88 bits per heavy atom. The van der Waals surface area contributed by atoms with Crippen LogP contribution in [0.4, 0.5) is 4.79 Å². The molecule has 4 amide bonds. The van der Waals surface area contributed by atoms with Crippen molar-refractivity contribution in [2.75, 3.05) is 6.54 Å². The van der Waals surface area contributed by atoms with Gasteiger partial charge < -0.3 is 10.6 Å². The van der Waals surface area contributed by atoms with Crippen LogP contribution in [0.5, 0.6) is 0 Å². The zero-order chi connectivity index (χ0) is 17.6.